The van der Waals surface area contributed by atoms with Crippen LogP contribution in [0.25, 0.3) is 0 Å². The number of methoxy groups -OCH3 is 1. The predicted octanol–water partition coefficient (Wildman–Crippen LogP) is 1.22. The van der Waals surface area contributed by atoms with Crippen LogP contribution in [0.5, 0.6) is 0 Å². The Balaban J connectivity index is 1.73. The predicted molar refractivity (Wildman–Crippen MR) is 61.8 cm³/mol. The molecule has 2 atom stereocenters. The van der Waals surface area contributed by atoms with Gasteiger partial charge in [0.15, 0.2) is 0 Å². The average molecular weight is 212 g/mol. The maximum absolute atomic E-state index is 5.96. The zero-order valence-corrected chi connectivity index (χ0v) is 9.82. The van der Waals surface area contributed by atoms with Gasteiger partial charge in [-0.25, -0.2) is 0 Å². The maximum atomic E-state index is 5.96. The van der Waals surface area contributed by atoms with Gasteiger partial charge < -0.3 is 15.4 Å². The van der Waals surface area contributed by atoms with E-state index in [0.29, 0.717) is 6.04 Å². The van der Waals surface area contributed by atoms with Crippen molar-refractivity contribution in [2.75, 3.05) is 26.8 Å². The van der Waals surface area contributed by atoms with Crippen LogP contribution in [0.4, 0.5) is 0 Å². The molecule has 2 aliphatic rings. The Morgan fingerprint density at radius 2 is 1.93 bits per heavy atom. The van der Waals surface area contributed by atoms with E-state index in [0.717, 1.165) is 18.6 Å². The van der Waals surface area contributed by atoms with Gasteiger partial charge in [-0.3, -0.25) is 0 Å². The lowest BCUT2D eigenvalue weighted by atomic mass is 9.96. The van der Waals surface area contributed by atoms with Gasteiger partial charge in [0, 0.05) is 25.8 Å². The van der Waals surface area contributed by atoms with Gasteiger partial charge in [0.25, 0.3) is 0 Å². The number of hydrogen-bond donors (Lipinski definition) is 1. The summed E-state index contributed by atoms with van der Waals surface area (Å²) < 4.78 is 5.22. The first-order valence-electron chi connectivity index (χ1n) is 6.28. The average Bonchev–Trinajstić information content (AvgIpc) is 2.67. The zero-order chi connectivity index (χ0) is 10.7. The Bertz CT molecular complexity index is 190. The molecule has 0 amide bonds. The third-order valence-electron chi connectivity index (χ3n) is 4.01. The topological polar surface area (TPSA) is 38.5 Å². The van der Waals surface area contributed by atoms with Crippen LogP contribution in [0.3, 0.4) is 0 Å². The van der Waals surface area contributed by atoms with Crippen molar-refractivity contribution < 1.29 is 4.74 Å². The van der Waals surface area contributed by atoms with Crippen molar-refractivity contribution in [3.63, 3.8) is 0 Å². The summed E-state index contributed by atoms with van der Waals surface area (Å²) in [6.07, 6.45) is 6.37. The van der Waals surface area contributed by atoms with Crippen LogP contribution in [-0.2, 0) is 4.74 Å². The second-order valence-electron chi connectivity index (χ2n) is 5.16. The molecular formula is C12H24N2O. The summed E-state index contributed by atoms with van der Waals surface area (Å²) in [6.45, 7) is 3.45. The normalized spacial score (nSPS) is 34.8. The molecule has 2 unspecified atom stereocenters. The molecule has 1 aliphatic heterocycles. The first-order valence-corrected chi connectivity index (χ1v) is 6.28. The molecule has 2 fully saturated rings. The van der Waals surface area contributed by atoms with Gasteiger partial charge in [0.1, 0.15) is 0 Å². The standard InChI is InChI=1S/C12H24N2O/c1-15-9-10-4-6-14(7-5-10)12-3-2-11(13)8-12/h10-12H,2-9,13H2,1H3. The molecule has 1 heterocycles. The molecule has 0 aromatic carbocycles. The van der Waals surface area contributed by atoms with Gasteiger partial charge in [-0.05, 0) is 51.1 Å². The van der Waals surface area contributed by atoms with Crippen molar-refractivity contribution in [3.05, 3.63) is 0 Å². The summed E-state index contributed by atoms with van der Waals surface area (Å²) in [5.74, 6) is 0.793. The first kappa shape index (κ1) is 11.4. The Kier molecular flexibility index (Phi) is 4.00. The fraction of sp³-hybridized carbons (Fsp3) is 1.00. The van der Waals surface area contributed by atoms with E-state index >= 15 is 0 Å². The summed E-state index contributed by atoms with van der Waals surface area (Å²) in [4.78, 5) is 2.65. The number of piperidine rings is 1. The third kappa shape index (κ3) is 2.92. The van der Waals surface area contributed by atoms with E-state index in [-0.39, 0.29) is 0 Å². The van der Waals surface area contributed by atoms with Crippen LogP contribution in [0, 0.1) is 5.92 Å². The molecule has 3 heteroatoms. The van der Waals surface area contributed by atoms with Crippen molar-refractivity contribution in [1.82, 2.24) is 4.90 Å². The molecule has 3 nitrogen and oxygen atoms in total. The minimum absolute atomic E-state index is 0.465. The van der Waals surface area contributed by atoms with E-state index in [2.05, 4.69) is 4.90 Å². The van der Waals surface area contributed by atoms with Crippen LogP contribution in [0.1, 0.15) is 32.1 Å². The number of rotatable bonds is 3. The number of nitrogens with two attached hydrogens (primary N) is 1. The van der Waals surface area contributed by atoms with Crippen LogP contribution in [0.15, 0.2) is 0 Å². The molecule has 88 valence electrons. The molecule has 0 spiro atoms. The van der Waals surface area contributed by atoms with Crippen molar-refractivity contribution in [2.45, 2.75) is 44.2 Å². The van der Waals surface area contributed by atoms with Gasteiger partial charge in [-0.2, -0.15) is 0 Å². The highest BCUT2D eigenvalue weighted by molar-refractivity contribution is 4.87. The van der Waals surface area contributed by atoms with Gasteiger partial charge in [-0.1, -0.05) is 0 Å². The lowest BCUT2D eigenvalue weighted by Crippen LogP contribution is -2.41. The Morgan fingerprint density at radius 1 is 1.20 bits per heavy atom. The zero-order valence-electron chi connectivity index (χ0n) is 9.82. The van der Waals surface area contributed by atoms with E-state index in [9.17, 15) is 0 Å². The third-order valence-corrected chi connectivity index (χ3v) is 4.01. The molecule has 1 saturated carbocycles. The van der Waals surface area contributed by atoms with E-state index < -0.39 is 0 Å². The molecule has 1 saturated heterocycles. The molecule has 2 N–H and O–H groups in total. The molecule has 0 aromatic rings. The summed E-state index contributed by atoms with van der Waals surface area (Å²) in [5.41, 5.74) is 5.96. The van der Waals surface area contributed by atoms with Crippen molar-refractivity contribution in [1.29, 1.82) is 0 Å². The van der Waals surface area contributed by atoms with E-state index in [1.165, 1.54) is 45.2 Å². The molecule has 15 heavy (non-hydrogen) atoms. The maximum Gasteiger partial charge on any atom is 0.0491 e. The highest BCUT2D eigenvalue weighted by atomic mass is 16.5. The van der Waals surface area contributed by atoms with Crippen LogP contribution in [0.2, 0.25) is 0 Å². The molecule has 0 aromatic heterocycles. The molecule has 0 bridgehead atoms. The molecular weight excluding hydrogens is 188 g/mol. The van der Waals surface area contributed by atoms with Crippen molar-refractivity contribution in [3.8, 4) is 0 Å². The lowest BCUT2D eigenvalue weighted by molar-refractivity contribution is 0.0805. The largest absolute Gasteiger partial charge is 0.384 e. The molecule has 2 rings (SSSR count). The van der Waals surface area contributed by atoms with Crippen LogP contribution in [-0.4, -0.2) is 43.8 Å². The smallest absolute Gasteiger partial charge is 0.0491 e. The summed E-state index contributed by atoms with van der Waals surface area (Å²) in [7, 11) is 1.81. The quantitative estimate of drug-likeness (QED) is 0.764. The lowest BCUT2D eigenvalue weighted by Gasteiger charge is -2.35. The second-order valence-corrected chi connectivity index (χ2v) is 5.16. The minimum Gasteiger partial charge on any atom is -0.384 e. The van der Waals surface area contributed by atoms with Gasteiger partial charge in [0.05, 0.1) is 0 Å². The SMILES string of the molecule is COCC1CCN(C2CCC(N)C2)CC1. The Hall–Kier alpha value is -0.120. The van der Waals surface area contributed by atoms with Gasteiger partial charge in [0.2, 0.25) is 0 Å². The molecule has 0 radical (unpaired) electrons. The number of nitrogens with zero attached hydrogens (tertiary/aromatic N) is 1. The van der Waals surface area contributed by atoms with E-state index in [1.807, 2.05) is 7.11 Å². The van der Waals surface area contributed by atoms with Gasteiger partial charge in [-0.15, -0.1) is 0 Å². The minimum atomic E-state index is 0.465. The second kappa shape index (κ2) is 5.28. The van der Waals surface area contributed by atoms with Crippen LogP contribution < -0.4 is 5.73 Å². The first-order chi connectivity index (χ1) is 7.29. The Morgan fingerprint density at radius 3 is 2.47 bits per heavy atom. The Labute approximate surface area is 93.0 Å². The van der Waals surface area contributed by atoms with E-state index in [1.54, 1.807) is 0 Å². The fourth-order valence-corrected chi connectivity index (χ4v) is 3.04. The molecule has 1 aliphatic carbocycles. The van der Waals surface area contributed by atoms with Crippen molar-refractivity contribution >= 4 is 0 Å². The number of likely N-dealkylation sites (tertiary alicyclic amines) is 1. The highest BCUT2D eigenvalue weighted by Crippen LogP contribution is 2.27. The highest BCUT2D eigenvalue weighted by Gasteiger charge is 2.29. The van der Waals surface area contributed by atoms with Gasteiger partial charge >= 0.3 is 0 Å². The number of hydrogen-bond acceptors (Lipinski definition) is 3. The summed E-state index contributed by atoms with van der Waals surface area (Å²) in [5, 5.41) is 0. The van der Waals surface area contributed by atoms with E-state index in [4.69, 9.17) is 10.5 Å². The fourth-order valence-electron chi connectivity index (χ4n) is 3.04. The monoisotopic (exact) mass is 212 g/mol. The number of ether oxygens (including phenoxy) is 1. The summed E-state index contributed by atoms with van der Waals surface area (Å²) >= 11 is 0. The van der Waals surface area contributed by atoms with Crippen molar-refractivity contribution in [2.24, 2.45) is 11.7 Å². The summed E-state index contributed by atoms with van der Waals surface area (Å²) in [6, 6.07) is 1.25. The van der Waals surface area contributed by atoms with Crippen LogP contribution >= 0.6 is 0 Å².